The Hall–Kier alpha value is -6.79. The summed E-state index contributed by atoms with van der Waals surface area (Å²) >= 11 is 0. The Balaban J connectivity index is 1.45. The third kappa shape index (κ3) is 8.77. The summed E-state index contributed by atoms with van der Waals surface area (Å²) in [5.41, 5.74) is -0.721. The van der Waals surface area contributed by atoms with E-state index < -0.39 is 82.9 Å². The fourth-order valence-electron chi connectivity index (χ4n) is 10.6. The van der Waals surface area contributed by atoms with Gasteiger partial charge in [0.25, 0.3) is 0 Å². The molecule has 3 heterocycles. The normalized spacial score (nSPS) is 24.4. The van der Waals surface area contributed by atoms with Gasteiger partial charge in [-0.25, -0.2) is 14.5 Å². The average molecular weight is 923 g/mol. The molecule has 4 aromatic rings. The number of esters is 2. The summed E-state index contributed by atoms with van der Waals surface area (Å²) < 4.78 is 17.4. The van der Waals surface area contributed by atoms with Crippen LogP contribution >= 0.6 is 0 Å². The lowest BCUT2D eigenvalue weighted by Gasteiger charge is -2.46. The number of benzene rings is 4. The van der Waals surface area contributed by atoms with Gasteiger partial charge in [0, 0.05) is 12.1 Å². The van der Waals surface area contributed by atoms with Crippen LogP contribution in [-0.2, 0) is 34.1 Å². The largest absolute Gasteiger partial charge is 0.491 e. The lowest BCUT2D eigenvalue weighted by atomic mass is 9.65. The van der Waals surface area contributed by atoms with Crippen LogP contribution in [-0.4, -0.2) is 89.5 Å². The van der Waals surface area contributed by atoms with E-state index in [-0.39, 0.29) is 31.0 Å². The molecule has 4 aromatic carbocycles. The quantitative estimate of drug-likeness (QED) is 0.0536. The minimum absolute atomic E-state index is 0.0188. The zero-order valence-electron chi connectivity index (χ0n) is 38.6. The number of ether oxygens (including phenoxy) is 3. The van der Waals surface area contributed by atoms with Crippen LogP contribution in [0.1, 0.15) is 98.4 Å². The van der Waals surface area contributed by atoms with Crippen LogP contribution < -0.4 is 20.3 Å². The maximum atomic E-state index is 16.5. The summed E-state index contributed by atoms with van der Waals surface area (Å²) in [6.07, 6.45) is 5.13. The van der Waals surface area contributed by atoms with Crippen molar-refractivity contribution in [3.05, 3.63) is 144 Å². The van der Waals surface area contributed by atoms with E-state index >= 15 is 14.4 Å². The van der Waals surface area contributed by atoms with Crippen molar-refractivity contribution in [1.29, 1.82) is 0 Å². The number of urea groups is 1. The highest BCUT2D eigenvalue weighted by Gasteiger charge is 2.75. The van der Waals surface area contributed by atoms with Gasteiger partial charge in [-0.15, -0.1) is 6.58 Å². The molecule has 7 atom stereocenters. The van der Waals surface area contributed by atoms with E-state index in [4.69, 9.17) is 14.2 Å². The monoisotopic (exact) mass is 922 g/mol. The summed E-state index contributed by atoms with van der Waals surface area (Å²) in [5.74, 6) is 1.73. The molecule has 3 fully saturated rings. The number of morpholine rings is 1. The number of rotatable bonds is 12. The van der Waals surface area contributed by atoms with Crippen LogP contribution in [0, 0.1) is 23.7 Å². The number of carbonyl (C=O) groups is 5. The molecule has 0 bridgehead atoms. The van der Waals surface area contributed by atoms with E-state index in [2.05, 4.69) is 29.1 Å². The Bertz CT molecular complexity index is 2580. The first kappa shape index (κ1) is 47.7. The minimum atomic E-state index is -2.09. The van der Waals surface area contributed by atoms with Crippen molar-refractivity contribution < 1.29 is 48.4 Å². The maximum Gasteiger partial charge on any atom is 0.329 e. The van der Waals surface area contributed by atoms with Gasteiger partial charge in [0.1, 0.15) is 41.6 Å². The molecule has 4 aliphatic rings. The number of hydrogen-bond acceptors (Lipinski definition) is 11. The van der Waals surface area contributed by atoms with Crippen LogP contribution in [0.5, 0.6) is 5.75 Å². The fourth-order valence-corrected chi connectivity index (χ4v) is 10.6. The van der Waals surface area contributed by atoms with Crippen molar-refractivity contribution in [1.82, 2.24) is 15.5 Å². The summed E-state index contributed by atoms with van der Waals surface area (Å²) in [5, 5.41) is 26.9. The van der Waals surface area contributed by atoms with Gasteiger partial charge in [-0.2, -0.15) is 0 Å². The van der Waals surface area contributed by atoms with Crippen molar-refractivity contribution in [3.8, 4) is 17.6 Å². The summed E-state index contributed by atoms with van der Waals surface area (Å²) in [4.78, 5) is 78.2. The van der Waals surface area contributed by atoms with Gasteiger partial charge < -0.3 is 35.1 Å². The van der Waals surface area contributed by atoms with Gasteiger partial charge in [0.2, 0.25) is 11.8 Å². The van der Waals surface area contributed by atoms with Crippen molar-refractivity contribution >= 4 is 35.5 Å². The Morgan fingerprint density at radius 1 is 0.897 bits per heavy atom. The Morgan fingerprint density at radius 2 is 1.56 bits per heavy atom. The fraction of sp³-hybridized carbons (Fsp3) is 0.389. The first-order chi connectivity index (χ1) is 32.9. The number of cyclic esters (lactones) is 1. The predicted molar refractivity (Wildman–Crippen MR) is 253 cm³/mol. The highest BCUT2D eigenvalue weighted by molar-refractivity contribution is 6.25. The van der Waals surface area contributed by atoms with E-state index in [0.29, 0.717) is 35.3 Å². The third-order valence-corrected chi connectivity index (χ3v) is 13.7. The van der Waals surface area contributed by atoms with Gasteiger partial charge in [0.15, 0.2) is 0 Å². The molecule has 1 spiro atoms. The molecule has 3 aliphatic heterocycles. The maximum absolute atomic E-state index is 16.5. The minimum Gasteiger partial charge on any atom is -0.491 e. The second-order valence-corrected chi connectivity index (χ2v) is 18.2. The average Bonchev–Trinajstić information content (AvgIpc) is 3.69. The number of anilines is 1. The van der Waals surface area contributed by atoms with Crippen LogP contribution in [0.2, 0.25) is 0 Å². The molecule has 0 unspecified atom stereocenters. The van der Waals surface area contributed by atoms with Crippen LogP contribution in [0.25, 0.3) is 0 Å². The molecule has 1 saturated carbocycles. The van der Waals surface area contributed by atoms with Crippen LogP contribution in [0.3, 0.4) is 0 Å². The molecule has 68 heavy (non-hydrogen) atoms. The highest BCUT2D eigenvalue weighted by Crippen LogP contribution is 2.66. The summed E-state index contributed by atoms with van der Waals surface area (Å²) in [7, 11) is 1.21. The topological polar surface area (TPSA) is 184 Å². The molecule has 2 saturated heterocycles. The van der Waals surface area contributed by atoms with E-state index in [9.17, 15) is 19.8 Å². The molecule has 14 nitrogen and oxygen atoms in total. The number of nitrogens with one attached hydrogen (secondary N) is 2. The Labute approximate surface area is 396 Å². The molecule has 4 N–H and O–H groups in total. The molecule has 354 valence electrons. The molecule has 0 radical (unpaired) electrons. The molecule has 8 rings (SSSR count). The van der Waals surface area contributed by atoms with Crippen LogP contribution in [0.15, 0.2) is 116 Å². The number of fused-ring (bicyclic) bond motifs is 3. The van der Waals surface area contributed by atoms with Gasteiger partial charge in [-0.3, -0.25) is 19.3 Å². The third-order valence-electron chi connectivity index (χ3n) is 13.7. The first-order valence-electron chi connectivity index (χ1n) is 23.3. The highest BCUT2D eigenvalue weighted by atomic mass is 16.6. The number of carbonyl (C=O) groups excluding carboxylic acids is 5. The number of hydrogen-bond donors (Lipinski definition) is 4. The van der Waals surface area contributed by atoms with Crippen LogP contribution in [0.4, 0.5) is 10.5 Å². The summed E-state index contributed by atoms with van der Waals surface area (Å²) in [6, 6.07) is 25.0. The Kier molecular flexibility index (Phi) is 14.2. The van der Waals surface area contributed by atoms with Crippen molar-refractivity contribution in [2.24, 2.45) is 11.8 Å². The van der Waals surface area contributed by atoms with E-state index in [1.807, 2.05) is 65.6 Å². The summed E-state index contributed by atoms with van der Waals surface area (Å²) in [6.45, 7) is 7.05. The Morgan fingerprint density at radius 3 is 2.18 bits per heavy atom. The van der Waals surface area contributed by atoms with Gasteiger partial charge in [-0.1, -0.05) is 117 Å². The number of aliphatic hydroxyl groups is 2. The lowest BCUT2D eigenvalue weighted by molar-refractivity contribution is -0.178. The lowest BCUT2D eigenvalue weighted by Crippen LogP contribution is -2.57. The van der Waals surface area contributed by atoms with E-state index in [0.717, 1.165) is 36.1 Å². The van der Waals surface area contributed by atoms with Gasteiger partial charge in [0.05, 0.1) is 37.4 Å². The second-order valence-electron chi connectivity index (χ2n) is 18.2. The van der Waals surface area contributed by atoms with E-state index in [1.54, 1.807) is 56.3 Å². The molecular weight excluding hydrogens is 865 g/mol. The second kappa shape index (κ2) is 20.2. The van der Waals surface area contributed by atoms with E-state index in [1.165, 1.54) is 13.2 Å². The number of imide groups is 1. The molecular formula is C54H58N4O10. The number of amides is 4. The number of nitrogens with zero attached hydrogens (tertiary/aromatic N) is 2. The number of aliphatic hydroxyl groups excluding tert-OH is 1. The van der Waals surface area contributed by atoms with Gasteiger partial charge >= 0.3 is 18.0 Å². The standard InChI is InChI=1S/C54H58N4O10/c1-5-30-55-48(60)42-45-50(62)68-46(37-18-12-9-13-19-37)44(36-16-10-8-11-17-36)58(45)47(38-21-23-39(24-22-38)67-32-31-59)54(42)40-33-35(26-29-53(65)27-14-6-7-15-28-53)20-25-41(40)57(51(54)63)52(64)56-43(34(2)3)49(61)66-4/h5,8-13,16-25,33-34,42-47,59,65H,1,6-7,14-15,27-28,30-32H2,2-4H3,(H,55,60)(H,56,64)/t42-,43+,44-,45-,46+,47+,54-/m1/s1. The predicted octanol–water partition coefficient (Wildman–Crippen LogP) is 6.37. The van der Waals surface area contributed by atoms with Crippen molar-refractivity contribution in [2.45, 2.75) is 93.7 Å². The van der Waals surface area contributed by atoms with Gasteiger partial charge in [-0.05, 0) is 84.2 Å². The molecule has 1 aliphatic carbocycles. The van der Waals surface area contributed by atoms with Crippen molar-refractivity contribution in [2.75, 3.05) is 31.8 Å². The SMILES string of the molecule is C=CCNC(=O)[C@H]1[C@@H]2C(=O)O[C@@H](c3ccccc3)[C@@H](c3ccccc3)N2[C@@H](c2ccc(OCCO)cc2)[C@]12C(=O)N(C(=O)N[C@H](C(=O)OC)C(C)C)c1ccc(C#CC3(O)CCCCCC3)cc12. The van der Waals surface area contributed by atoms with Crippen molar-refractivity contribution in [3.63, 3.8) is 0 Å². The first-order valence-corrected chi connectivity index (χ1v) is 23.3. The molecule has 14 heteroatoms. The zero-order chi connectivity index (χ0) is 48.2. The zero-order valence-corrected chi connectivity index (χ0v) is 38.6. The smallest absolute Gasteiger partial charge is 0.329 e. The molecule has 0 aromatic heterocycles. The number of methoxy groups -OCH3 is 1. The molecule has 4 amide bonds.